The molecule has 120 valence electrons. The van der Waals surface area contributed by atoms with Crippen molar-refractivity contribution < 1.29 is 4.39 Å². The molecule has 0 spiro atoms. The third-order valence-electron chi connectivity index (χ3n) is 3.76. The second kappa shape index (κ2) is 9.87. The predicted octanol–water partition coefficient (Wildman–Crippen LogP) is 2.75. The number of halogens is 1. The molecule has 0 saturated carbocycles. The first-order valence-corrected chi connectivity index (χ1v) is 7.86. The van der Waals surface area contributed by atoms with E-state index in [2.05, 4.69) is 36.1 Å². The lowest BCUT2D eigenvalue weighted by atomic mass is 10.0. The van der Waals surface area contributed by atoms with Gasteiger partial charge in [0.05, 0.1) is 0 Å². The van der Waals surface area contributed by atoms with Crippen molar-refractivity contribution in [3.05, 3.63) is 35.6 Å². The average molecular weight is 295 g/mol. The third kappa shape index (κ3) is 7.02. The van der Waals surface area contributed by atoms with Crippen LogP contribution in [0.5, 0.6) is 0 Å². The Balaban J connectivity index is 2.52. The Morgan fingerprint density at radius 3 is 2.24 bits per heavy atom. The van der Waals surface area contributed by atoms with Crippen LogP contribution in [-0.2, 0) is 0 Å². The Bertz CT molecular complexity index is 378. The highest BCUT2D eigenvalue weighted by Crippen LogP contribution is 2.17. The van der Waals surface area contributed by atoms with Crippen molar-refractivity contribution in [2.75, 3.05) is 47.3 Å². The van der Waals surface area contributed by atoms with Crippen molar-refractivity contribution in [3.8, 4) is 0 Å². The van der Waals surface area contributed by atoms with E-state index in [1.165, 1.54) is 18.6 Å². The van der Waals surface area contributed by atoms with Gasteiger partial charge in [0.2, 0.25) is 0 Å². The van der Waals surface area contributed by atoms with Gasteiger partial charge in [-0.2, -0.15) is 0 Å². The largest absolute Gasteiger partial charge is 0.313 e. The number of likely N-dealkylation sites (N-methyl/N-ethyl adjacent to an activating group) is 1. The van der Waals surface area contributed by atoms with E-state index in [9.17, 15) is 4.39 Å². The fourth-order valence-corrected chi connectivity index (χ4v) is 2.48. The molecule has 4 heteroatoms. The molecule has 0 fully saturated rings. The van der Waals surface area contributed by atoms with Gasteiger partial charge in [-0.1, -0.05) is 19.1 Å². The summed E-state index contributed by atoms with van der Waals surface area (Å²) in [5.74, 6) is -0.174. The zero-order valence-corrected chi connectivity index (χ0v) is 13.9. The van der Waals surface area contributed by atoms with Gasteiger partial charge in [0, 0.05) is 19.1 Å². The topological polar surface area (TPSA) is 18.5 Å². The molecule has 0 aliphatic carbocycles. The zero-order valence-electron chi connectivity index (χ0n) is 13.9. The molecule has 0 aromatic heterocycles. The van der Waals surface area contributed by atoms with Gasteiger partial charge in [0.1, 0.15) is 5.82 Å². The lowest BCUT2D eigenvalue weighted by Gasteiger charge is -2.26. The third-order valence-corrected chi connectivity index (χ3v) is 3.76. The van der Waals surface area contributed by atoms with Crippen LogP contribution in [0.4, 0.5) is 4.39 Å². The first kappa shape index (κ1) is 18.1. The molecule has 1 aromatic rings. The van der Waals surface area contributed by atoms with Gasteiger partial charge >= 0.3 is 0 Å². The summed E-state index contributed by atoms with van der Waals surface area (Å²) in [6, 6.07) is 7.11. The van der Waals surface area contributed by atoms with Gasteiger partial charge in [0.15, 0.2) is 0 Å². The van der Waals surface area contributed by atoms with Gasteiger partial charge < -0.3 is 15.1 Å². The second-order valence-electron chi connectivity index (χ2n) is 5.83. The highest BCUT2D eigenvalue weighted by Gasteiger charge is 2.12. The van der Waals surface area contributed by atoms with Gasteiger partial charge in [-0.25, -0.2) is 4.39 Å². The summed E-state index contributed by atoms with van der Waals surface area (Å²) in [5, 5.41) is 3.34. The predicted molar refractivity (Wildman–Crippen MR) is 88.1 cm³/mol. The number of benzene rings is 1. The molecule has 0 saturated heterocycles. The number of rotatable bonds is 10. The molecule has 0 amide bonds. The summed E-state index contributed by atoms with van der Waals surface area (Å²) in [4.78, 5) is 4.73. The van der Waals surface area contributed by atoms with Crippen LogP contribution < -0.4 is 5.32 Å². The number of hydrogen-bond acceptors (Lipinski definition) is 3. The molecule has 21 heavy (non-hydrogen) atoms. The SMILES string of the molecule is CCCN(CCC(NC)c1ccc(F)cc1)CCN(C)C. The molecule has 1 atom stereocenters. The minimum atomic E-state index is -0.174. The first-order chi connectivity index (χ1) is 10.1. The molecule has 0 heterocycles. The molecular formula is C17H30FN3. The maximum absolute atomic E-state index is 13.0. The van der Waals surface area contributed by atoms with Gasteiger partial charge in [-0.3, -0.25) is 0 Å². The lowest BCUT2D eigenvalue weighted by Crippen LogP contribution is -2.34. The van der Waals surface area contributed by atoms with E-state index in [4.69, 9.17) is 0 Å². The minimum Gasteiger partial charge on any atom is -0.313 e. The van der Waals surface area contributed by atoms with E-state index in [1.54, 1.807) is 0 Å². The molecular weight excluding hydrogens is 265 g/mol. The van der Waals surface area contributed by atoms with E-state index >= 15 is 0 Å². The summed E-state index contributed by atoms with van der Waals surface area (Å²) in [6.07, 6.45) is 2.21. The van der Waals surface area contributed by atoms with Crippen molar-refractivity contribution >= 4 is 0 Å². The van der Waals surface area contributed by atoms with Crippen LogP contribution in [0.25, 0.3) is 0 Å². The van der Waals surface area contributed by atoms with Crippen LogP contribution in [0.1, 0.15) is 31.4 Å². The van der Waals surface area contributed by atoms with Crippen molar-refractivity contribution in [3.63, 3.8) is 0 Å². The van der Waals surface area contributed by atoms with E-state index in [0.717, 1.165) is 38.2 Å². The van der Waals surface area contributed by atoms with Gasteiger partial charge in [-0.05, 0) is 64.8 Å². The van der Waals surface area contributed by atoms with Gasteiger partial charge in [-0.15, -0.1) is 0 Å². The highest BCUT2D eigenvalue weighted by atomic mass is 19.1. The Hall–Kier alpha value is -0.970. The fraction of sp³-hybridized carbons (Fsp3) is 0.647. The second-order valence-corrected chi connectivity index (χ2v) is 5.83. The maximum Gasteiger partial charge on any atom is 0.123 e. The van der Waals surface area contributed by atoms with Crippen molar-refractivity contribution in [2.24, 2.45) is 0 Å². The van der Waals surface area contributed by atoms with Crippen LogP contribution in [0.3, 0.4) is 0 Å². The van der Waals surface area contributed by atoms with Crippen LogP contribution in [0.15, 0.2) is 24.3 Å². The van der Waals surface area contributed by atoms with Gasteiger partial charge in [0.25, 0.3) is 0 Å². The van der Waals surface area contributed by atoms with Crippen LogP contribution in [0, 0.1) is 5.82 Å². The molecule has 1 rings (SSSR count). The molecule has 0 bridgehead atoms. The highest BCUT2D eigenvalue weighted by molar-refractivity contribution is 5.19. The van der Waals surface area contributed by atoms with Crippen molar-refractivity contribution in [1.29, 1.82) is 0 Å². The summed E-state index contributed by atoms with van der Waals surface area (Å²) < 4.78 is 13.0. The van der Waals surface area contributed by atoms with E-state index in [1.807, 2.05) is 19.2 Å². The Morgan fingerprint density at radius 1 is 1.05 bits per heavy atom. The van der Waals surface area contributed by atoms with E-state index < -0.39 is 0 Å². The molecule has 0 aliphatic rings. The quantitative estimate of drug-likeness (QED) is 0.716. The van der Waals surface area contributed by atoms with Crippen LogP contribution >= 0.6 is 0 Å². The molecule has 1 unspecified atom stereocenters. The Labute approximate surface area is 129 Å². The average Bonchev–Trinajstić information content (AvgIpc) is 2.46. The summed E-state index contributed by atoms with van der Waals surface area (Å²) in [6.45, 7) is 6.60. The molecule has 1 aromatic carbocycles. The molecule has 0 aliphatic heterocycles. The van der Waals surface area contributed by atoms with Crippen molar-refractivity contribution in [1.82, 2.24) is 15.1 Å². The number of hydrogen-bond donors (Lipinski definition) is 1. The van der Waals surface area contributed by atoms with Crippen LogP contribution in [-0.4, -0.2) is 57.1 Å². The summed E-state index contributed by atoms with van der Waals surface area (Å²) in [5.41, 5.74) is 1.16. The van der Waals surface area contributed by atoms with Crippen molar-refractivity contribution in [2.45, 2.75) is 25.8 Å². The smallest absolute Gasteiger partial charge is 0.123 e. The minimum absolute atomic E-state index is 0.174. The molecule has 1 N–H and O–H groups in total. The maximum atomic E-state index is 13.0. The fourth-order valence-electron chi connectivity index (χ4n) is 2.48. The Kier molecular flexibility index (Phi) is 8.50. The zero-order chi connectivity index (χ0) is 15.7. The molecule has 3 nitrogen and oxygen atoms in total. The standard InChI is InChI=1S/C17H30FN3/c1-5-11-21(14-13-20(3)4)12-10-17(19-2)15-6-8-16(18)9-7-15/h6-9,17,19H,5,10-14H2,1-4H3. The van der Waals surface area contributed by atoms with Crippen LogP contribution in [0.2, 0.25) is 0 Å². The monoisotopic (exact) mass is 295 g/mol. The normalized spacial score (nSPS) is 13.1. The van der Waals surface area contributed by atoms with E-state index in [0.29, 0.717) is 0 Å². The van der Waals surface area contributed by atoms with E-state index in [-0.39, 0.29) is 11.9 Å². The summed E-state index contributed by atoms with van der Waals surface area (Å²) >= 11 is 0. The Morgan fingerprint density at radius 2 is 1.71 bits per heavy atom. The first-order valence-electron chi connectivity index (χ1n) is 7.86. The number of nitrogens with zero attached hydrogens (tertiary/aromatic N) is 2. The lowest BCUT2D eigenvalue weighted by molar-refractivity contribution is 0.230. The molecule has 0 radical (unpaired) electrons. The number of nitrogens with one attached hydrogen (secondary N) is 1. The summed E-state index contributed by atoms with van der Waals surface area (Å²) in [7, 11) is 6.19.